The predicted molar refractivity (Wildman–Crippen MR) is 253 cm³/mol. The van der Waals surface area contributed by atoms with Crippen LogP contribution in [0.1, 0.15) is 170 Å². The monoisotopic (exact) mass is 928 g/mol. The maximum Gasteiger partial charge on any atom is 4.00 e. The summed E-state index contributed by atoms with van der Waals surface area (Å²) in [6.45, 7) is 28.4. The zero-order valence-corrected chi connectivity index (χ0v) is 41.9. The van der Waals surface area contributed by atoms with Crippen molar-refractivity contribution in [1.29, 1.82) is 0 Å². The van der Waals surface area contributed by atoms with E-state index < -0.39 is 0 Å². The van der Waals surface area contributed by atoms with E-state index >= 15 is 0 Å². The first-order chi connectivity index (χ1) is 26.3. The minimum Gasteiger partial charge on any atom is -0.343 e. The Balaban J connectivity index is 0.000000274. The van der Waals surface area contributed by atoms with Gasteiger partial charge in [0.05, 0.1) is 0 Å². The number of fused-ring (bicyclic) bond motifs is 2. The zero-order chi connectivity index (χ0) is 40.5. The molecule has 6 aromatic rings. The van der Waals surface area contributed by atoms with Gasteiger partial charge in [-0.1, -0.05) is 165 Å². The second kappa shape index (κ2) is 25.3. The first-order valence-electron chi connectivity index (χ1n) is 21.2. The standard InChI is InChI=1S/2C17H23.C16H17Si.C4H9.Hf/c2*1-6-13-7-15-9-14(11(2)3)10-16(12(4)5)17(15)8-13;17-16(15-11-5-2-6-12-15)13-7-10-14-8-3-1-4-9-14;1-3-4-2;/h2*7-12H,6H2,1-5H3;1-6,8-12H,7,13,17H2;1,3-4H2,2H3;/q4*-1;+4. The minimum absolute atomic E-state index is 0. The third-order valence-corrected chi connectivity index (χ3v) is 11.2. The molecule has 0 radical (unpaired) electrons. The minimum atomic E-state index is 0. The molecular formula is C54H72HfSi. The van der Waals surface area contributed by atoms with Crippen LogP contribution in [0.3, 0.4) is 0 Å². The van der Waals surface area contributed by atoms with Crippen molar-refractivity contribution in [2.75, 3.05) is 0 Å². The van der Waals surface area contributed by atoms with Gasteiger partial charge in [-0.2, -0.15) is 42.7 Å². The van der Waals surface area contributed by atoms with Gasteiger partial charge in [-0.25, -0.2) is 0 Å². The smallest absolute Gasteiger partial charge is 0.343 e. The van der Waals surface area contributed by atoms with Gasteiger partial charge in [-0.3, -0.25) is 0 Å². The maximum absolute atomic E-state index is 3.60. The average Bonchev–Trinajstić information content (AvgIpc) is 3.82. The fourth-order valence-corrected chi connectivity index (χ4v) is 7.16. The molecule has 0 aliphatic carbocycles. The Morgan fingerprint density at radius 2 is 1.02 bits per heavy atom. The van der Waals surface area contributed by atoms with E-state index in [4.69, 9.17) is 0 Å². The number of rotatable bonds is 12. The van der Waals surface area contributed by atoms with Crippen LogP contribution < -0.4 is 0 Å². The molecule has 0 aliphatic heterocycles. The van der Waals surface area contributed by atoms with Crippen LogP contribution in [-0.4, -0.2) is 15.0 Å². The van der Waals surface area contributed by atoms with Gasteiger partial charge in [-0.15, -0.1) is 69.1 Å². The van der Waals surface area contributed by atoms with E-state index in [-0.39, 0.29) is 25.8 Å². The van der Waals surface area contributed by atoms with Crippen LogP contribution in [0.2, 0.25) is 0 Å². The first-order valence-corrected chi connectivity index (χ1v) is 21.9. The summed E-state index contributed by atoms with van der Waals surface area (Å²) in [6, 6.07) is 40.1. The SMILES string of the molecule is CCc1cc2c(C(C)C)cc(C(C)C)cc2[cH-]1.CCc1cc2c(C(C)C)cc(C(C)C)cc2[cH-]1.[CH2-]CCC.[Hf+4].[SiH2]=C(CC[CH-]c1ccccc1)c1ccccc1. The number of hydrogen-bond acceptors (Lipinski definition) is 0. The van der Waals surface area contributed by atoms with Crippen molar-refractivity contribution < 1.29 is 25.8 Å². The normalized spacial score (nSPS) is 10.8. The molecule has 2 heteroatoms. The number of hydrogen-bond donors (Lipinski definition) is 0. The van der Waals surface area contributed by atoms with E-state index in [1.54, 1.807) is 0 Å². The Bertz CT molecular complexity index is 1880. The fraction of sp³-hybridized carbons (Fsp3) is 0.389. The molecule has 0 fully saturated rings. The summed E-state index contributed by atoms with van der Waals surface area (Å²) >= 11 is 0. The van der Waals surface area contributed by atoms with E-state index in [9.17, 15) is 0 Å². The van der Waals surface area contributed by atoms with E-state index in [0.29, 0.717) is 23.7 Å². The molecule has 0 aromatic heterocycles. The van der Waals surface area contributed by atoms with Crippen molar-refractivity contribution in [2.24, 2.45) is 0 Å². The molecule has 296 valence electrons. The van der Waals surface area contributed by atoms with Gasteiger partial charge in [0.2, 0.25) is 0 Å². The molecule has 0 N–H and O–H groups in total. The third kappa shape index (κ3) is 15.0. The van der Waals surface area contributed by atoms with E-state index in [1.165, 1.54) is 77.6 Å². The Labute approximate surface area is 365 Å². The van der Waals surface area contributed by atoms with Crippen LogP contribution in [-0.2, 0) is 38.7 Å². The van der Waals surface area contributed by atoms with Crippen molar-refractivity contribution >= 4 is 36.6 Å². The summed E-state index contributed by atoms with van der Waals surface area (Å²) in [4.78, 5) is 0. The van der Waals surface area contributed by atoms with Crippen molar-refractivity contribution in [2.45, 2.75) is 138 Å². The van der Waals surface area contributed by atoms with Crippen LogP contribution in [0.4, 0.5) is 0 Å². The van der Waals surface area contributed by atoms with Crippen molar-refractivity contribution in [3.63, 3.8) is 0 Å². The van der Waals surface area contributed by atoms with E-state index in [1.807, 2.05) is 9.85 Å². The van der Waals surface area contributed by atoms with Gasteiger partial charge in [0.15, 0.2) is 0 Å². The molecule has 0 bridgehead atoms. The maximum atomic E-state index is 3.60. The number of benzene rings is 4. The Morgan fingerprint density at radius 1 is 0.607 bits per heavy atom. The molecular weight excluding hydrogens is 855 g/mol. The average molecular weight is 928 g/mol. The Morgan fingerprint density at radius 3 is 1.38 bits per heavy atom. The zero-order valence-electron chi connectivity index (χ0n) is 36.9. The molecule has 56 heavy (non-hydrogen) atoms. The van der Waals surface area contributed by atoms with E-state index in [0.717, 1.165) is 32.1 Å². The number of aryl methyl sites for hydroxylation is 2. The fourth-order valence-electron chi connectivity index (χ4n) is 6.72. The van der Waals surface area contributed by atoms with Gasteiger partial charge in [0, 0.05) is 0 Å². The third-order valence-electron chi connectivity index (χ3n) is 10.4. The van der Waals surface area contributed by atoms with E-state index in [2.05, 4.69) is 199 Å². The number of unbranched alkanes of at least 4 members (excludes halogenated alkanes) is 1. The summed E-state index contributed by atoms with van der Waals surface area (Å²) < 4.78 is 0. The Hall–Kier alpha value is -3.07. The molecule has 0 amide bonds. The van der Waals surface area contributed by atoms with Crippen molar-refractivity contribution in [1.82, 2.24) is 0 Å². The summed E-state index contributed by atoms with van der Waals surface area (Å²) in [5.41, 5.74) is 11.6. The summed E-state index contributed by atoms with van der Waals surface area (Å²) in [5.74, 6) is 2.42. The van der Waals surface area contributed by atoms with Crippen LogP contribution in [0.15, 0.2) is 109 Å². The molecule has 0 aliphatic rings. The molecule has 0 unspecified atom stereocenters. The molecule has 0 nitrogen and oxygen atoms in total. The second-order valence-corrected chi connectivity index (χ2v) is 17.1. The molecule has 6 rings (SSSR count). The van der Waals surface area contributed by atoms with Crippen LogP contribution in [0, 0.1) is 13.3 Å². The summed E-state index contributed by atoms with van der Waals surface area (Å²) in [5, 5.41) is 7.26. The van der Waals surface area contributed by atoms with Crippen molar-refractivity contribution in [3.8, 4) is 0 Å². The molecule has 0 heterocycles. The van der Waals surface area contributed by atoms with Crippen LogP contribution in [0.5, 0.6) is 0 Å². The second-order valence-electron chi connectivity index (χ2n) is 16.3. The summed E-state index contributed by atoms with van der Waals surface area (Å²) in [7, 11) is 2.00. The van der Waals surface area contributed by atoms with Crippen LogP contribution >= 0.6 is 0 Å². The van der Waals surface area contributed by atoms with Crippen molar-refractivity contribution in [3.05, 3.63) is 167 Å². The predicted octanol–water partition coefficient (Wildman–Crippen LogP) is 15.2. The summed E-state index contributed by atoms with van der Waals surface area (Å²) in [6.07, 6.45) is 9.08. The molecule has 6 aromatic carbocycles. The van der Waals surface area contributed by atoms with Gasteiger partial charge in [-0.05, 0) is 58.4 Å². The van der Waals surface area contributed by atoms with Gasteiger partial charge in [0.1, 0.15) is 0 Å². The topological polar surface area (TPSA) is 0 Å². The quantitative estimate of drug-likeness (QED) is 0.0847. The van der Waals surface area contributed by atoms with Gasteiger partial charge >= 0.3 is 25.8 Å². The largest absolute Gasteiger partial charge is 4.00 e. The van der Waals surface area contributed by atoms with Crippen LogP contribution in [0.25, 0.3) is 21.5 Å². The van der Waals surface area contributed by atoms with Gasteiger partial charge < -0.3 is 6.92 Å². The first kappa shape index (κ1) is 49.1. The molecule has 0 atom stereocenters. The molecule has 0 saturated carbocycles. The molecule has 0 saturated heterocycles. The molecule has 0 spiro atoms. The Kier molecular flexibility index (Phi) is 22.2. The van der Waals surface area contributed by atoms with Gasteiger partial charge in [0.25, 0.3) is 0 Å².